The molecule has 2 amide bonds. The lowest BCUT2D eigenvalue weighted by atomic mass is 10.1. The number of amides is 2. The first-order chi connectivity index (χ1) is 14.5. The first-order valence-electron chi connectivity index (χ1n) is 9.01. The monoisotopic (exact) mass is 427 g/mol. The van der Waals surface area contributed by atoms with Crippen molar-refractivity contribution < 1.29 is 18.5 Å². The second kappa shape index (κ2) is 8.42. The number of rotatable bonds is 5. The SMILES string of the molecule is O=C(CN1N=C(c2nc(-c3ccc(F)cc3)no2)CCC1=O)Nc1cccc(Cl)c1. The van der Waals surface area contributed by atoms with E-state index in [4.69, 9.17) is 16.1 Å². The first-order valence-corrected chi connectivity index (χ1v) is 9.39. The summed E-state index contributed by atoms with van der Waals surface area (Å²) >= 11 is 5.90. The number of anilines is 1. The highest BCUT2D eigenvalue weighted by Gasteiger charge is 2.26. The Bertz CT molecular complexity index is 1130. The molecule has 0 saturated carbocycles. The molecular formula is C20H15ClFN5O3. The van der Waals surface area contributed by atoms with E-state index in [9.17, 15) is 14.0 Å². The summed E-state index contributed by atoms with van der Waals surface area (Å²) in [4.78, 5) is 28.8. The average molecular weight is 428 g/mol. The quantitative estimate of drug-likeness (QED) is 0.671. The molecule has 1 aliphatic heterocycles. The molecule has 10 heteroatoms. The number of carbonyl (C=O) groups is 2. The minimum atomic E-state index is -0.423. The highest BCUT2D eigenvalue weighted by Crippen LogP contribution is 2.20. The van der Waals surface area contributed by atoms with Gasteiger partial charge in [0.2, 0.25) is 17.6 Å². The molecule has 1 N–H and O–H groups in total. The summed E-state index contributed by atoms with van der Waals surface area (Å²) in [5.41, 5.74) is 1.49. The number of halogens is 2. The summed E-state index contributed by atoms with van der Waals surface area (Å²) in [6.45, 7) is -0.270. The molecule has 8 nitrogen and oxygen atoms in total. The van der Waals surface area contributed by atoms with E-state index >= 15 is 0 Å². The third kappa shape index (κ3) is 4.52. The van der Waals surface area contributed by atoms with Crippen molar-refractivity contribution in [3.05, 3.63) is 65.3 Å². The normalized spacial score (nSPS) is 13.9. The minimum absolute atomic E-state index is 0.141. The van der Waals surface area contributed by atoms with Crippen molar-refractivity contribution in [2.45, 2.75) is 12.8 Å². The van der Waals surface area contributed by atoms with Crippen LogP contribution in [0.25, 0.3) is 11.4 Å². The summed E-state index contributed by atoms with van der Waals surface area (Å²) in [5.74, 6) is -0.673. The Morgan fingerprint density at radius 2 is 2.00 bits per heavy atom. The highest BCUT2D eigenvalue weighted by atomic mass is 35.5. The van der Waals surface area contributed by atoms with E-state index in [0.717, 1.165) is 5.01 Å². The Kier molecular flexibility index (Phi) is 5.53. The van der Waals surface area contributed by atoms with E-state index < -0.39 is 5.91 Å². The molecule has 1 aromatic heterocycles. The zero-order valence-electron chi connectivity index (χ0n) is 15.5. The van der Waals surface area contributed by atoms with E-state index in [0.29, 0.717) is 28.4 Å². The van der Waals surface area contributed by atoms with E-state index in [-0.39, 0.29) is 36.4 Å². The standard InChI is InChI=1S/C20H15ClFN5O3/c21-13-2-1-3-15(10-13)23-17(28)11-27-18(29)9-8-16(25-27)20-24-19(26-30-20)12-4-6-14(22)7-5-12/h1-7,10H,8-9,11H2,(H,23,28). The van der Waals surface area contributed by atoms with Gasteiger partial charge in [0.1, 0.15) is 18.1 Å². The molecule has 30 heavy (non-hydrogen) atoms. The maximum absolute atomic E-state index is 13.1. The van der Waals surface area contributed by atoms with Crippen LogP contribution in [0.4, 0.5) is 10.1 Å². The molecule has 0 saturated heterocycles. The molecule has 0 bridgehead atoms. The second-order valence-electron chi connectivity index (χ2n) is 6.49. The number of nitrogens with one attached hydrogen (secondary N) is 1. The first kappa shape index (κ1) is 19.7. The van der Waals surface area contributed by atoms with Crippen molar-refractivity contribution in [2.75, 3.05) is 11.9 Å². The van der Waals surface area contributed by atoms with Crippen LogP contribution in [0.2, 0.25) is 5.02 Å². The van der Waals surface area contributed by atoms with Crippen LogP contribution in [0.15, 0.2) is 58.2 Å². The Balaban J connectivity index is 1.48. The van der Waals surface area contributed by atoms with Crippen LogP contribution >= 0.6 is 11.6 Å². The van der Waals surface area contributed by atoms with Crippen LogP contribution in [0.5, 0.6) is 0 Å². The molecule has 3 aromatic rings. The summed E-state index contributed by atoms with van der Waals surface area (Å²) in [6, 6.07) is 12.3. The lowest BCUT2D eigenvalue weighted by molar-refractivity contribution is -0.135. The highest BCUT2D eigenvalue weighted by molar-refractivity contribution is 6.30. The van der Waals surface area contributed by atoms with Crippen LogP contribution in [-0.4, -0.2) is 39.2 Å². The lowest BCUT2D eigenvalue weighted by Gasteiger charge is -2.21. The van der Waals surface area contributed by atoms with Gasteiger partial charge in [-0.15, -0.1) is 0 Å². The van der Waals surface area contributed by atoms with Gasteiger partial charge >= 0.3 is 0 Å². The largest absolute Gasteiger partial charge is 0.332 e. The topological polar surface area (TPSA) is 101 Å². The number of carbonyl (C=O) groups excluding carboxylic acids is 2. The van der Waals surface area contributed by atoms with E-state index in [1.54, 1.807) is 24.3 Å². The molecule has 2 aromatic carbocycles. The zero-order chi connectivity index (χ0) is 21.1. The Labute approximate surface area is 175 Å². The minimum Gasteiger partial charge on any atom is -0.332 e. The molecule has 152 valence electrons. The van der Waals surface area contributed by atoms with Gasteiger partial charge in [0.25, 0.3) is 5.89 Å². The van der Waals surface area contributed by atoms with Gasteiger partial charge in [-0.1, -0.05) is 22.8 Å². The molecule has 0 aliphatic carbocycles. The fourth-order valence-corrected chi connectivity index (χ4v) is 3.03. The van der Waals surface area contributed by atoms with Crippen molar-refractivity contribution in [2.24, 2.45) is 5.10 Å². The number of hydrogen-bond acceptors (Lipinski definition) is 6. The fourth-order valence-electron chi connectivity index (χ4n) is 2.84. The van der Waals surface area contributed by atoms with Gasteiger partial charge < -0.3 is 9.84 Å². The van der Waals surface area contributed by atoms with Gasteiger partial charge in [0.15, 0.2) is 0 Å². The molecule has 1 aliphatic rings. The van der Waals surface area contributed by atoms with Crippen LogP contribution in [0.1, 0.15) is 18.7 Å². The second-order valence-corrected chi connectivity index (χ2v) is 6.92. The Morgan fingerprint density at radius 3 is 2.77 bits per heavy atom. The molecule has 0 atom stereocenters. The van der Waals surface area contributed by atoms with Crippen molar-refractivity contribution in [1.82, 2.24) is 15.1 Å². The number of nitrogens with zero attached hydrogens (tertiary/aromatic N) is 4. The predicted octanol–water partition coefficient (Wildman–Crippen LogP) is 3.49. The van der Waals surface area contributed by atoms with Gasteiger partial charge in [-0.3, -0.25) is 9.59 Å². The smallest absolute Gasteiger partial charge is 0.274 e. The Morgan fingerprint density at radius 1 is 1.20 bits per heavy atom. The number of benzene rings is 2. The molecule has 4 rings (SSSR count). The van der Waals surface area contributed by atoms with Crippen LogP contribution in [0, 0.1) is 5.82 Å². The van der Waals surface area contributed by atoms with Crippen LogP contribution in [0.3, 0.4) is 0 Å². The lowest BCUT2D eigenvalue weighted by Crippen LogP contribution is -2.38. The average Bonchev–Trinajstić information content (AvgIpc) is 3.20. The van der Waals surface area contributed by atoms with Gasteiger partial charge in [-0.2, -0.15) is 10.1 Å². The van der Waals surface area contributed by atoms with Crippen LogP contribution in [-0.2, 0) is 9.59 Å². The van der Waals surface area contributed by atoms with E-state index in [1.165, 1.54) is 24.3 Å². The van der Waals surface area contributed by atoms with E-state index in [1.807, 2.05) is 0 Å². The maximum Gasteiger partial charge on any atom is 0.274 e. The molecule has 0 unspecified atom stereocenters. The van der Waals surface area contributed by atoms with Gasteiger partial charge in [0.05, 0.1) is 0 Å². The van der Waals surface area contributed by atoms with Gasteiger partial charge in [-0.05, 0) is 42.5 Å². The van der Waals surface area contributed by atoms with Gasteiger partial charge in [-0.25, -0.2) is 9.40 Å². The number of hydrogen-bond donors (Lipinski definition) is 1. The fraction of sp³-hybridized carbons (Fsp3) is 0.150. The number of aromatic nitrogens is 2. The van der Waals surface area contributed by atoms with Crippen LogP contribution < -0.4 is 5.32 Å². The molecule has 0 spiro atoms. The summed E-state index contributed by atoms with van der Waals surface area (Å²) in [5, 5.41) is 12.3. The van der Waals surface area contributed by atoms with Crippen molar-refractivity contribution in [3.8, 4) is 11.4 Å². The summed E-state index contributed by atoms with van der Waals surface area (Å²) < 4.78 is 18.3. The molecule has 2 heterocycles. The zero-order valence-corrected chi connectivity index (χ0v) is 16.3. The maximum atomic E-state index is 13.1. The third-order valence-corrected chi connectivity index (χ3v) is 4.52. The van der Waals surface area contributed by atoms with Crippen molar-refractivity contribution >= 4 is 34.8 Å². The van der Waals surface area contributed by atoms with Gasteiger partial charge in [0, 0.05) is 29.1 Å². The number of hydrazone groups is 1. The van der Waals surface area contributed by atoms with Crippen molar-refractivity contribution in [1.29, 1.82) is 0 Å². The summed E-state index contributed by atoms with van der Waals surface area (Å²) in [7, 11) is 0. The van der Waals surface area contributed by atoms with Crippen molar-refractivity contribution in [3.63, 3.8) is 0 Å². The molecule has 0 fully saturated rings. The molecule has 0 radical (unpaired) electrons. The predicted molar refractivity (Wildman–Crippen MR) is 107 cm³/mol. The summed E-state index contributed by atoms with van der Waals surface area (Å²) in [6.07, 6.45) is 0.452. The molecular weight excluding hydrogens is 413 g/mol. The Hall–Kier alpha value is -3.59. The van der Waals surface area contributed by atoms with E-state index in [2.05, 4.69) is 20.6 Å². The third-order valence-electron chi connectivity index (χ3n) is 4.28.